The van der Waals surface area contributed by atoms with Crippen LogP contribution in [0.1, 0.15) is 43.3 Å². The molecule has 1 aliphatic rings. The molecular weight excluding hydrogens is 248 g/mol. The molecular formula is C17H26N2O. The van der Waals surface area contributed by atoms with Crippen molar-refractivity contribution in [1.82, 2.24) is 10.2 Å². The van der Waals surface area contributed by atoms with Gasteiger partial charge < -0.3 is 9.73 Å². The van der Waals surface area contributed by atoms with E-state index in [2.05, 4.69) is 29.1 Å². The molecule has 1 aromatic heterocycles. The summed E-state index contributed by atoms with van der Waals surface area (Å²) in [6, 6.07) is 2.18. The fraction of sp³-hybridized carbons (Fsp3) is 0.647. The quantitative estimate of drug-likeness (QED) is 0.554. The smallest absolute Gasteiger partial charge is 0.118 e. The number of nitrogens with one attached hydrogen (secondary N) is 1. The first kappa shape index (κ1) is 15.2. The molecule has 0 bridgehead atoms. The van der Waals surface area contributed by atoms with E-state index < -0.39 is 0 Å². The van der Waals surface area contributed by atoms with Crippen LogP contribution in [0, 0.1) is 25.2 Å². The summed E-state index contributed by atoms with van der Waals surface area (Å²) in [4.78, 5) is 2.36. The first-order valence-electron chi connectivity index (χ1n) is 7.67. The summed E-state index contributed by atoms with van der Waals surface area (Å²) in [6.07, 6.45) is 9.34. The monoisotopic (exact) mass is 274 g/mol. The summed E-state index contributed by atoms with van der Waals surface area (Å²) >= 11 is 0. The maximum atomic E-state index is 5.82. The molecule has 20 heavy (non-hydrogen) atoms. The highest BCUT2D eigenvalue weighted by Gasteiger charge is 2.24. The van der Waals surface area contributed by atoms with E-state index >= 15 is 0 Å². The zero-order valence-electron chi connectivity index (χ0n) is 12.7. The second kappa shape index (κ2) is 7.52. The maximum Gasteiger partial charge on any atom is 0.118 e. The van der Waals surface area contributed by atoms with E-state index in [1.165, 1.54) is 18.4 Å². The summed E-state index contributed by atoms with van der Waals surface area (Å²) in [7, 11) is 0. The van der Waals surface area contributed by atoms with Gasteiger partial charge in [-0.2, -0.15) is 0 Å². The lowest BCUT2D eigenvalue weighted by Gasteiger charge is -2.18. The van der Waals surface area contributed by atoms with E-state index in [0.717, 1.165) is 56.6 Å². The van der Waals surface area contributed by atoms with Gasteiger partial charge in [-0.1, -0.05) is 12.8 Å². The van der Waals surface area contributed by atoms with Gasteiger partial charge >= 0.3 is 0 Å². The molecule has 1 aliphatic carbocycles. The predicted octanol–water partition coefficient (Wildman–Crippen LogP) is 2.93. The van der Waals surface area contributed by atoms with Gasteiger partial charge in [0.25, 0.3) is 0 Å². The molecule has 2 rings (SSSR count). The maximum absolute atomic E-state index is 5.82. The molecule has 0 atom stereocenters. The Morgan fingerprint density at radius 2 is 2.30 bits per heavy atom. The van der Waals surface area contributed by atoms with Crippen molar-refractivity contribution in [1.29, 1.82) is 0 Å². The molecule has 1 aromatic rings. The molecule has 0 unspecified atom stereocenters. The van der Waals surface area contributed by atoms with Crippen molar-refractivity contribution in [2.75, 3.05) is 19.6 Å². The molecule has 1 heterocycles. The Bertz CT molecular complexity index is 454. The molecule has 0 aromatic carbocycles. The van der Waals surface area contributed by atoms with Crippen LogP contribution in [0.15, 0.2) is 10.5 Å². The van der Waals surface area contributed by atoms with Gasteiger partial charge in [0.15, 0.2) is 0 Å². The topological polar surface area (TPSA) is 28.4 Å². The van der Waals surface area contributed by atoms with E-state index in [9.17, 15) is 0 Å². The van der Waals surface area contributed by atoms with Crippen LogP contribution in [0.3, 0.4) is 0 Å². The van der Waals surface area contributed by atoms with Gasteiger partial charge in [-0.3, -0.25) is 4.90 Å². The Balaban J connectivity index is 1.90. The molecule has 0 spiro atoms. The highest BCUT2D eigenvalue weighted by atomic mass is 16.3. The summed E-state index contributed by atoms with van der Waals surface area (Å²) in [5.41, 5.74) is 1.27. The highest BCUT2D eigenvalue weighted by molar-refractivity contribution is 5.21. The number of hydrogen-bond acceptors (Lipinski definition) is 3. The summed E-state index contributed by atoms with van der Waals surface area (Å²) < 4.78 is 5.82. The molecule has 3 nitrogen and oxygen atoms in total. The molecule has 3 heteroatoms. The number of rotatable bonds is 9. The fourth-order valence-electron chi connectivity index (χ4n) is 2.44. The lowest BCUT2D eigenvalue weighted by atomic mass is 10.2. The van der Waals surface area contributed by atoms with Gasteiger partial charge in [-0.05, 0) is 44.7 Å². The first-order valence-corrected chi connectivity index (χ1v) is 7.67. The third-order valence-electron chi connectivity index (χ3n) is 3.72. The molecule has 0 radical (unpaired) electrons. The van der Waals surface area contributed by atoms with Gasteiger partial charge in [0, 0.05) is 18.7 Å². The zero-order chi connectivity index (χ0) is 14.4. The van der Waals surface area contributed by atoms with Crippen molar-refractivity contribution in [2.45, 2.75) is 46.2 Å². The number of hydrogen-bond donors (Lipinski definition) is 1. The third-order valence-corrected chi connectivity index (χ3v) is 3.72. The molecule has 1 N–H and O–H groups in total. The molecule has 0 amide bonds. The lowest BCUT2D eigenvalue weighted by Crippen LogP contribution is -2.26. The van der Waals surface area contributed by atoms with E-state index in [1.54, 1.807) is 0 Å². The predicted molar refractivity (Wildman–Crippen MR) is 82.3 cm³/mol. The third kappa shape index (κ3) is 4.70. The van der Waals surface area contributed by atoms with Crippen LogP contribution in [-0.4, -0.2) is 24.5 Å². The zero-order valence-corrected chi connectivity index (χ0v) is 12.7. The van der Waals surface area contributed by atoms with Gasteiger partial charge in [-0.15, -0.1) is 6.42 Å². The number of nitrogens with zero attached hydrogens (tertiary/aromatic N) is 1. The minimum atomic E-state index is 0.727. The Labute approximate surface area is 122 Å². The minimum Gasteiger partial charge on any atom is -0.465 e. The van der Waals surface area contributed by atoms with Crippen molar-refractivity contribution in [3.8, 4) is 12.3 Å². The van der Waals surface area contributed by atoms with Crippen LogP contribution in [0.4, 0.5) is 0 Å². The average molecular weight is 274 g/mol. The molecule has 0 aliphatic heterocycles. The van der Waals surface area contributed by atoms with Gasteiger partial charge in [0.2, 0.25) is 0 Å². The highest BCUT2D eigenvalue weighted by Crippen LogP contribution is 2.30. The van der Waals surface area contributed by atoms with Gasteiger partial charge in [-0.25, -0.2) is 0 Å². The average Bonchev–Trinajstić information content (AvgIpc) is 3.15. The number of terminal acetylenes is 1. The SMILES string of the molecule is C#CCN(Cc1cc(CNCCC)oc1C)CC1CC1. The van der Waals surface area contributed by atoms with Crippen LogP contribution in [0.25, 0.3) is 0 Å². The van der Waals surface area contributed by atoms with Crippen molar-refractivity contribution < 1.29 is 4.42 Å². The molecule has 1 saturated carbocycles. The number of aryl methyl sites for hydroxylation is 1. The normalized spacial score (nSPS) is 14.7. The van der Waals surface area contributed by atoms with Crippen molar-refractivity contribution in [2.24, 2.45) is 5.92 Å². The summed E-state index contributed by atoms with van der Waals surface area (Å²) in [6.45, 7) is 8.81. The standard InChI is InChI=1S/C17H26N2O/c1-4-8-18-11-17-10-16(14(3)20-17)13-19(9-5-2)12-15-6-7-15/h2,10,15,18H,4,6-9,11-13H2,1,3H3. The van der Waals surface area contributed by atoms with E-state index in [0.29, 0.717) is 0 Å². The second-order valence-corrected chi connectivity index (χ2v) is 5.79. The van der Waals surface area contributed by atoms with Crippen LogP contribution in [0.5, 0.6) is 0 Å². The van der Waals surface area contributed by atoms with Gasteiger partial charge in [0.05, 0.1) is 13.1 Å². The molecule has 0 saturated heterocycles. The summed E-state index contributed by atoms with van der Waals surface area (Å²) in [5, 5.41) is 3.37. The Hall–Kier alpha value is -1.24. The van der Waals surface area contributed by atoms with Crippen molar-refractivity contribution >= 4 is 0 Å². The molecule has 1 fully saturated rings. The van der Waals surface area contributed by atoms with Crippen LogP contribution in [0.2, 0.25) is 0 Å². The second-order valence-electron chi connectivity index (χ2n) is 5.79. The van der Waals surface area contributed by atoms with E-state index in [-0.39, 0.29) is 0 Å². The van der Waals surface area contributed by atoms with E-state index in [1.807, 2.05) is 6.92 Å². The molecule has 110 valence electrons. The Morgan fingerprint density at radius 3 is 2.95 bits per heavy atom. The largest absolute Gasteiger partial charge is 0.465 e. The van der Waals surface area contributed by atoms with E-state index in [4.69, 9.17) is 10.8 Å². The van der Waals surface area contributed by atoms with Crippen LogP contribution < -0.4 is 5.32 Å². The van der Waals surface area contributed by atoms with Crippen molar-refractivity contribution in [3.63, 3.8) is 0 Å². The van der Waals surface area contributed by atoms with Crippen LogP contribution in [-0.2, 0) is 13.1 Å². The van der Waals surface area contributed by atoms with Crippen LogP contribution >= 0.6 is 0 Å². The Kier molecular flexibility index (Phi) is 5.70. The number of furan rings is 1. The lowest BCUT2D eigenvalue weighted by molar-refractivity contribution is 0.284. The fourth-order valence-corrected chi connectivity index (χ4v) is 2.44. The van der Waals surface area contributed by atoms with Gasteiger partial charge in [0.1, 0.15) is 11.5 Å². The Morgan fingerprint density at radius 1 is 1.50 bits per heavy atom. The van der Waals surface area contributed by atoms with Crippen molar-refractivity contribution in [3.05, 3.63) is 23.2 Å². The first-order chi connectivity index (χ1) is 9.72. The minimum absolute atomic E-state index is 0.727. The summed E-state index contributed by atoms with van der Waals surface area (Å²) in [5.74, 6) is 5.68.